The summed E-state index contributed by atoms with van der Waals surface area (Å²) in [6, 6.07) is 0. The Bertz CT molecular complexity index is 905. The van der Waals surface area contributed by atoms with E-state index in [2.05, 4.69) is 26.8 Å². The van der Waals surface area contributed by atoms with E-state index in [-0.39, 0.29) is 68.0 Å². The molecule has 1 fully saturated rings. The van der Waals surface area contributed by atoms with E-state index < -0.39 is 29.7 Å². The first kappa shape index (κ1) is 38.0. The Morgan fingerprint density at radius 1 is 1.05 bits per heavy atom. The molecule has 0 aromatic heterocycles. The van der Waals surface area contributed by atoms with Crippen LogP contribution in [0.3, 0.4) is 0 Å². The summed E-state index contributed by atoms with van der Waals surface area (Å²) in [5.74, 6) is -0.734. The molecule has 0 amide bonds. The van der Waals surface area contributed by atoms with Crippen molar-refractivity contribution in [3.63, 3.8) is 0 Å². The zero-order valence-corrected chi connectivity index (χ0v) is 27.4. The van der Waals surface area contributed by atoms with E-state index in [1.165, 1.54) is 13.8 Å². The fraction of sp³-hybridized carbons (Fsp3) is 0.758. The van der Waals surface area contributed by atoms with Gasteiger partial charge < -0.3 is 33.9 Å². The highest BCUT2D eigenvalue weighted by Crippen LogP contribution is 2.38. The van der Waals surface area contributed by atoms with Crippen molar-refractivity contribution in [1.82, 2.24) is 0 Å². The topological polar surface area (TPSA) is 124 Å². The van der Waals surface area contributed by atoms with Gasteiger partial charge in [0.1, 0.15) is 18.8 Å². The number of hydrogen-bond acceptors (Lipinski definition) is 9. The predicted molar refractivity (Wildman–Crippen MR) is 163 cm³/mol. The standard InChI is InChI=1S/C33H56O9/c1-11-14-21(3)29(41-28(36)19-26(35)17-18-33(8,37)20-40-25(7)34)22(4)15-13-16-23(5)30(39-10)32-31(42-32)24(6)27(12-2)38-9/h11,13-16,21,23-24,26-27,29-32,35,37H,12,17-20H2,1-10H3/b14-11+,16-13+,22-15+. The first-order chi connectivity index (χ1) is 19.7. The molecule has 0 spiro atoms. The van der Waals surface area contributed by atoms with Crippen LogP contribution < -0.4 is 0 Å². The monoisotopic (exact) mass is 596 g/mol. The maximum absolute atomic E-state index is 12.8. The highest BCUT2D eigenvalue weighted by Gasteiger charge is 2.51. The van der Waals surface area contributed by atoms with Crippen molar-refractivity contribution in [2.24, 2.45) is 17.8 Å². The lowest BCUT2D eigenvalue weighted by Crippen LogP contribution is -2.33. The van der Waals surface area contributed by atoms with Gasteiger partial charge in [0.2, 0.25) is 0 Å². The third-order valence-electron chi connectivity index (χ3n) is 7.94. The summed E-state index contributed by atoms with van der Waals surface area (Å²) < 4.78 is 28.1. The minimum absolute atomic E-state index is 0.0131. The molecule has 42 heavy (non-hydrogen) atoms. The number of aliphatic hydroxyl groups is 2. The largest absolute Gasteiger partial charge is 0.463 e. The fourth-order valence-electron chi connectivity index (χ4n) is 5.33. The quantitative estimate of drug-likeness (QED) is 0.0871. The molecule has 1 aliphatic rings. The van der Waals surface area contributed by atoms with Gasteiger partial charge >= 0.3 is 11.9 Å². The van der Waals surface area contributed by atoms with Gasteiger partial charge in [-0.25, -0.2) is 0 Å². The number of rotatable bonds is 20. The van der Waals surface area contributed by atoms with Crippen LogP contribution in [0.25, 0.3) is 0 Å². The van der Waals surface area contributed by atoms with Gasteiger partial charge in [-0.05, 0) is 45.6 Å². The van der Waals surface area contributed by atoms with Crippen molar-refractivity contribution in [2.45, 2.75) is 123 Å². The van der Waals surface area contributed by atoms with Crippen molar-refractivity contribution in [3.8, 4) is 0 Å². The number of ether oxygens (including phenoxy) is 5. The number of carbonyl (C=O) groups is 2. The molecular weight excluding hydrogens is 540 g/mol. The van der Waals surface area contributed by atoms with Gasteiger partial charge in [0.25, 0.3) is 0 Å². The van der Waals surface area contributed by atoms with E-state index in [9.17, 15) is 19.8 Å². The number of methoxy groups -OCH3 is 2. The smallest absolute Gasteiger partial charge is 0.309 e. The maximum atomic E-state index is 12.8. The Labute approximate surface area is 253 Å². The highest BCUT2D eigenvalue weighted by atomic mass is 16.6. The Hall–Kier alpha value is -2.04. The van der Waals surface area contributed by atoms with Gasteiger partial charge in [-0.15, -0.1) is 0 Å². The first-order valence-corrected chi connectivity index (χ1v) is 15.1. The van der Waals surface area contributed by atoms with Crippen molar-refractivity contribution in [3.05, 3.63) is 36.0 Å². The summed E-state index contributed by atoms with van der Waals surface area (Å²) in [5, 5.41) is 20.7. The van der Waals surface area contributed by atoms with Crippen molar-refractivity contribution < 1.29 is 43.5 Å². The van der Waals surface area contributed by atoms with Crippen molar-refractivity contribution in [2.75, 3.05) is 20.8 Å². The predicted octanol–water partition coefficient (Wildman–Crippen LogP) is 4.94. The van der Waals surface area contributed by atoms with Gasteiger partial charge in [-0.1, -0.05) is 58.1 Å². The van der Waals surface area contributed by atoms with Gasteiger partial charge in [0.05, 0.1) is 36.4 Å². The third-order valence-corrected chi connectivity index (χ3v) is 7.94. The van der Waals surface area contributed by atoms with Crippen LogP contribution in [0.15, 0.2) is 36.0 Å². The molecule has 10 unspecified atom stereocenters. The lowest BCUT2D eigenvalue weighted by atomic mass is 9.91. The molecule has 1 heterocycles. The normalized spacial score (nSPS) is 24.0. The van der Waals surface area contributed by atoms with Gasteiger partial charge in [0.15, 0.2) is 0 Å². The minimum atomic E-state index is -1.29. The Balaban J connectivity index is 2.80. The summed E-state index contributed by atoms with van der Waals surface area (Å²) in [7, 11) is 3.44. The van der Waals surface area contributed by atoms with Gasteiger partial charge in [0, 0.05) is 38.9 Å². The number of carbonyl (C=O) groups excluding carboxylic acids is 2. The Morgan fingerprint density at radius 2 is 1.71 bits per heavy atom. The lowest BCUT2D eigenvalue weighted by Gasteiger charge is -2.25. The summed E-state index contributed by atoms with van der Waals surface area (Å²) >= 11 is 0. The zero-order chi connectivity index (χ0) is 32.0. The van der Waals surface area contributed by atoms with E-state index in [1.807, 2.05) is 45.1 Å². The van der Waals surface area contributed by atoms with Crippen LogP contribution in [-0.2, 0) is 33.3 Å². The second kappa shape index (κ2) is 18.6. The molecule has 0 bridgehead atoms. The van der Waals surface area contributed by atoms with Crippen LogP contribution in [0.5, 0.6) is 0 Å². The molecule has 1 rings (SSSR count). The molecule has 0 aliphatic carbocycles. The SMILES string of the molecule is C/C=C/C(C)C(OC(=O)CC(O)CCC(C)(O)COC(C)=O)/C(C)=C/C=C/C(C)C(OC)C1OC1C(C)C(CC)OC. The second-order valence-corrected chi connectivity index (χ2v) is 11.9. The molecule has 10 atom stereocenters. The van der Waals surface area contributed by atoms with Crippen LogP contribution in [0, 0.1) is 17.8 Å². The number of hydrogen-bond donors (Lipinski definition) is 2. The van der Waals surface area contributed by atoms with E-state index in [0.717, 1.165) is 12.0 Å². The average molecular weight is 597 g/mol. The summed E-state index contributed by atoms with van der Waals surface area (Å²) in [5.41, 5.74) is -0.429. The van der Waals surface area contributed by atoms with E-state index in [0.29, 0.717) is 0 Å². The summed E-state index contributed by atoms with van der Waals surface area (Å²) in [6.45, 7) is 14.8. The minimum Gasteiger partial charge on any atom is -0.463 e. The van der Waals surface area contributed by atoms with E-state index >= 15 is 0 Å². The average Bonchev–Trinajstić information content (AvgIpc) is 3.71. The van der Waals surface area contributed by atoms with Crippen LogP contribution in [0.1, 0.15) is 81.1 Å². The summed E-state index contributed by atoms with van der Waals surface area (Å²) in [4.78, 5) is 23.8. The van der Waals surface area contributed by atoms with Gasteiger partial charge in [-0.2, -0.15) is 0 Å². The second-order valence-electron chi connectivity index (χ2n) is 11.9. The van der Waals surface area contributed by atoms with Crippen molar-refractivity contribution >= 4 is 11.9 Å². The molecule has 1 saturated heterocycles. The summed E-state index contributed by atoms with van der Waals surface area (Å²) in [6.07, 6.45) is 9.56. The number of epoxide rings is 1. The first-order valence-electron chi connectivity index (χ1n) is 15.1. The molecule has 0 radical (unpaired) electrons. The third kappa shape index (κ3) is 13.1. The molecule has 9 nitrogen and oxygen atoms in total. The Kier molecular flexibility index (Phi) is 16.8. The van der Waals surface area contributed by atoms with E-state index in [4.69, 9.17) is 23.7 Å². The number of esters is 2. The lowest BCUT2D eigenvalue weighted by molar-refractivity contribution is -0.151. The maximum Gasteiger partial charge on any atom is 0.309 e. The van der Waals surface area contributed by atoms with Crippen LogP contribution in [-0.4, -0.2) is 85.2 Å². The van der Waals surface area contributed by atoms with Crippen LogP contribution in [0.4, 0.5) is 0 Å². The number of aliphatic hydroxyl groups excluding tert-OH is 1. The van der Waals surface area contributed by atoms with Gasteiger partial charge in [-0.3, -0.25) is 9.59 Å². The molecule has 2 N–H and O–H groups in total. The zero-order valence-electron chi connectivity index (χ0n) is 27.4. The van der Waals surface area contributed by atoms with E-state index in [1.54, 1.807) is 14.2 Å². The fourth-order valence-corrected chi connectivity index (χ4v) is 5.33. The van der Waals surface area contributed by atoms with Crippen LogP contribution >= 0.6 is 0 Å². The molecular formula is C33H56O9. The molecule has 1 aliphatic heterocycles. The Morgan fingerprint density at radius 3 is 2.26 bits per heavy atom. The molecule has 242 valence electrons. The molecule has 9 heteroatoms. The highest BCUT2D eigenvalue weighted by molar-refractivity contribution is 5.70. The molecule has 0 aromatic carbocycles. The van der Waals surface area contributed by atoms with Crippen molar-refractivity contribution in [1.29, 1.82) is 0 Å². The number of allylic oxidation sites excluding steroid dienone is 3. The molecule has 0 aromatic rings. The molecule has 0 saturated carbocycles. The van der Waals surface area contributed by atoms with Crippen LogP contribution in [0.2, 0.25) is 0 Å².